The van der Waals surface area contributed by atoms with E-state index >= 15 is 0 Å². The average Bonchev–Trinajstić information content (AvgIpc) is 3.16. The predicted octanol–water partition coefficient (Wildman–Crippen LogP) is 3.82. The van der Waals surface area contributed by atoms with Crippen molar-refractivity contribution in [1.29, 1.82) is 0 Å². The molecule has 2 fully saturated rings. The van der Waals surface area contributed by atoms with E-state index in [4.69, 9.17) is 0 Å². The molecule has 0 N–H and O–H groups in total. The van der Waals surface area contributed by atoms with E-state index in [2.05, 4.69) is 26.0 Å². The quantitative estimate of drug-likeness (QED) is 0.790. The number of fused-ring (bicyclic) bond motifs is 1. The van der Waals surface area contributed by atoms with Crippen molar-refractivity contribution in [3.05, 3.63) is 18.0 Å². The molecule has 21 heavy (non-hydrogen) atoms. The van der Waals surface area contributed by atoms with Gasteiger partial charge in [0.2, 0.25) is 5.95 Å². The predicted molar refractivity (Wildman–Crippen MR) is 91.7 cm³/mol. The third-order valence-electron chi connectivity index (χ3n) is 3.66. The van der Waals surface area contributed by atoms with Crippen LogP contribution in [0.1, 0.15) is 39.2 Å². The van der Waals surface area contributed by atoms with Crippen LogP contribution >= 0.6 is 12.0 Å². The van der Waals surface area contributed by atoms with Gasteiger partial charge in [-0.25, -0.2) is 9.97 Å². The van der Waals surface area contributed by atoms with Gasteiger partial charge in [-0.2, -0.15) is 0 Å². The Balaban J connectivity index is 0.000000322. The number of anilines is 1. The summed E-state index contributed by atoms with van der Waals surface area (Å²) in [5, 5.41) is 0. The van der Waals surface area contributed by atoms with Crippen LogP contribution in [0.5, 0.6) is 0 Å². The van der Waals surface area contributed by atoms with Crippen LogP contribution in [-0.2, 0) is 10.6 Å². The van der Waals surface area contributed by atoms with Gasteiger partial charge in [-0.1, -0.05) is 27.2 Å². The number of hydrogen-bond donors (Lipinski definition) is 0. The zero-order chi connectivity index (χ0) is 15.7. The first kappa shape index (κ1) is 18.2. The Morgan fingerprint density at radius 3 is 2.19 bits per heavy atom. The topological polar surface area (TPSA) is 38.2 Å². The lowest BCUT2D eigenvalue weighted by atomic mass is 10.2. The third-order valence-corrected chi connectivity index (χ3v) is 3.99. The summed E-state index contributed by atoms with van der Waals surface area (Å²) >= 11 is 1.36. The average molecular weight is 311 g/mol. The Kier molecular flexibility index (Phi) is 8.69. The lowest BCUT2D eigenvalue weighted by Gasteiger charge is -2.17. The Morgan fingerprint density at radius 2 is 1.76 bits per heavy atom. The van der Waals surface area contributed by atoms with Gasteiger partial charge >= 0.3 is 0 Å². The van der Waals surface area contributed by atoms with Crippen LogP contribution in [0.3, 0.4) is 0 Å². The van der Waals surface area contributed by atoms with E-state index < -0.39 is 0 Å². The monoisotopic (exact) mass is 311 g/mol. The Bertz CT molecular complexity index is 374. The summed E-state index contributed by atoms with van der Waals surface area (Å²) in [6.45, 7) is 8.54. The fourth-order valence-electron chi connectivity index (χ4n) is 2.49. The molecule has 0 amide bonds. The van der Waals surface area contributed by atoms with Crippen molar-refractivity contribution < 1.29 is 4.18 Å². The van der Waals surface area contributed by atoms with Gasteiger partial charge in [0.1, 0.15) is 0 Å². The van der Waals surface area contributed by atoms with Gasteiger partial charge in [-0.3, -0.25) is 0 Å². The standard InChI is InChI=1S/C12H17N3.C2H6OS.C2H6/c1-2-3-9-5-13-12(14-6-9)15-7-10-4-11(10)8-15;1-3-4-2;1-2/h5-6,10-11H,2-4,7-8H2,1H3;1-2H3;1-2H3. The molecule has 1 aliphatic carbocycles. The van der Waals surface area contributed by atoms with E-state index in [1.165, 1.54) is 37.1 Å². The molecule has 1 saturated heterocycles. The molecule has 0 aromatic carbocycles. The van der Waals surface area contributed by atoms with Crippen LogP contribution in [0.4, 0.5) is 5.95 Å². The van der Waals surface area contributed by atoms with Gasteiger partial charge < -0.3 is 9.08 Å². The van der Waals surface area contributed by atoms with Gasteiger partial charge in [0.05, 0.1) is 7.11 Å². The van der Waals surface area contributed by atoms with E-state index in [1.54, 1.807) is 7.11 Å². The number of rotatable bonds is 4. The normalized spacial score (nSPS) is 21.7. The number of aromatic nitrogens is 2. The van der Waals surface area contributed by atoms with Crippen molar-refractivity contribution in [2.75, 3.05) is 31.4 Å². The zero-order valence-electron chi connectivity index (χ0n) is 14.0. The highest BCUT2D eigenvalue weighted by Gasteiger charge is 2.45. The second-order valence-electron chi connectivity index (χ2n) is 5.14. The minimum atomic E-state index is 0.932. The first-order valence-corrected chi connectivity index (χ1v) is 9.06. The molecule has 120 valence electrons. The van der Waals surface area contributed by atoms with E-state index in [-0.39, 0.29) is 0 Å². The molecule has 1 saturated carbocycles. The van der Waals surface area contributed by atoms with Gasteiger partial charge in [0, 0.05) is 31.7 Å². The summed E-state index contributed by atoms with van der Waals surface area (Å²) in [6.07, 6.45) is 9.53. The van der Waals surface area contributed by atoms with Crippen molar-refractivity contribution in [3.8, 4) is 0 Å². The zero-order valence-corrected chi connectivity index (χ0v) is 14.8. The van der Waals surface area contributed by atoms with Crippen molar-refractivity contribution in [1.82, 2.24) is 9.97 Å². The van der Waals surface area contributed by atoms with E-state index in [0.717, 1.165) is 30.6 Å². The summed E-state index contributed by atoms with van der Waals surface area (Å²) in [4.78, 5) is 11.2. The lowest BCUT2D eigenvalue weighted by Crippen LogP contribution is -2.23. The van der Waals surface area contributed by atoms with Crippen LogP contribution in [0, 0.1) is 11.8 Å². The molecular weight excluding hydrogens is 282 g/mol. The number of nitrogens with zero attached hydrogens (tertiary/aromatic N) is 3. The molecular formula is C16H29N3OS. The molecule has 2 unspecified atom stereocenters. The smallest absolute Gasteiger partial charge is 0.225 e. The molecule has 0 radical (unpaired) electrons. The number of hydrogen-bond acceptors (Lipinski definition) is 5. The summed E-state index contributed by atoms with van der Waals surface area (Å²) in [5.41, 5.74) is 1.26. The van der Waals surface area contributed by atoms with Crippen LogP contribution < -0.4 is 4.90 Å². The molecule has 2 aliphatic rings. The SMILES string of the molecule is CC.CCCc1cnc(N2CC3CC3C2)nc1.COSC. The highest BCUT2D eigenvalue weighted by Crippen LogP contribution is 2.45. The fourth-order valence-corrected chi connectivity index (χ4v) is 2.49. The fraction of sp³-hybridized carbons (Fsp3) is 0.750. The maximum Gasteiger partial charge on any atom is 0.225 e. The molecule has 5 heteroatoms. The number of piperidine rings is 1. The number of aryl methyl sites for hydroxylation is 1. The molecule has 1 aromatic heterocycles. The molecule has 1 aromatic rings. The lowest BCUT2D eigenvalue weighted by molar-refractivity contribution is 0.493. The van der Waals surface area contributed by atoms with Crippen LogP contribution in [0.2, 0.25) is 0 Å². The van der Waals surface area contributed by atoms with Crippen LogP contribution in [-0.4, -0.2) is 36.4 Å². The van der Waals surface area contributed by atoms with Crippen molar-refractivity contribution in [2.24, 2.45) is 11.8 Å². The van der Waals surface area contributed by atoms with Crippen LogP contribution in [0.15, 0.2) is 12.4 Å². The summed E-state index contributed by atoms with van der Waals surface area (Å²) < 4.78 is 4.46. The largest absolute Gasteiger partial charge is 0.340 e. The minimum Gasteiger partial charge on any atom is -0.340 e. The van der Waals surface area contributed by atoms with E-state index in [0.29, 0.717) is 0 Å². The molecule has 1 aliphatic heterocycles. The maximum absolute atomic E-state index is 4.46. The van der Waals surface area contributed by atoms with E-state index in [1.807, 2.05) is 32.5 Å². The molecule has 2 heterocycles. The highest BCUT2D eigenvalue weighted by atomic mass is 32.2. The first-order valence-electron chi connectivity index (χ1n) is 7.91. The minimum absolute atomic E-state index is 0.932. The van der Waals surface area contributed by atoms with E-state index in [9.17, 15) is 0 Å². The van der Waals surface area contributed by atoms with Crippen molar-refractivity contribution in [3.63, 3.8) is 0 Å². The van der Waals surface area contributed by atoms with Gasteiger partial charge in [0.25, 0.3) is 0 Å². The Hall–Kier alpha value is -0.810. The first-order chi connectivity index (χ1) is 10.3. The second-order valence-corrected chi connectivity index (χ2v) is 5.80. The Morgan fingerprint density at radius 1 is 1.24 bits per heavy atom. The molecule has 0 bridgehead atoms. The molecule has 3 rings (SSSR count). The molecule has 4 nitrogen and oxygen atoms in total. The second kappa shape index (κ2) is 10.0. The summed E-state index contributed by atoms with van der Waals surface area (Å²) in [7, 11) is 1.64. The van der Waals surface area contributed by atoms with Gasteiger partial charge in [0.15, 0.2) is 0 Å². The van der Waals surface area contributed by atoms with Gasteiger partial charge in [-0.05, 0) is 42.3 Å². The molecule has 2 atom stereocenters. The Labute approximate surface area is 133 Å². The van der Waals surface area contributed by atoms with Crippen molar-refractivity contribution >= 4 is 18.0 Å². The highest BCUT2D eigenvalue weighted by molar-refractivity contribution is 7.93. The van der Waals surface area contributed by atoms with Gasteiger partial charge in [-0.15, -0.1) is 0 Å². The van der Waals surface area contributed by atoms with Crippen molar-refractivity contribution in [2.45, 2.75) is 40.0 Å². The third kappa shape index (κ3) is 5.83. The van der Waals surface area contributed by atoms with Crippen LogP contribution in [0.25, 0.3) is 0 Å². The maximum atomic E-state index is 4.46. The summed E-state index contributed by atoms with van der Waals surface area (Å²) in [5.74, 6) is 2.83. The summed E-state index contributed by atoms with van der Waals surface area (Å²) in [6, 6.07) is 0. The molecule has 0 spiro atoms.